The van der Waals surface area contributed by atoms with Crippen molar-refractivity contribution in [3.8, 4) is 5.75 Å². The van der Waals surface area contributed by atoms with Crippen LogP contribution in [0.1, 0.15) is 18.4 Å². The Balaban J connectivity index is 1.60. The van der Waals surface area contributed by atoms with Gasteiger partial charge in [-0.05, 0) is 45.5 Å². The molecule has 2 heterocycles. The zero-order chi connectivity index (χ0) is 21.3. The Labute approximate surface area is 180 Å². The van der Waals surface area contributed by atoms with Gasteiger partial charge in [-0.3, -0.25) is 9.69 Å². The van der Waals surface area contributed by atoms with Crippen molar-refractivity contribution in [2.24, 2.45) is 5.92 Å². The van der Waals surface area contributed by atoms with Crippen molar-refractivity contribution < 1.29 is 9.53 Å². The van der Waals surface area contributed by atoms with Crippen molar-refractivity contribution in [3.63, 3.8) is 0 Å². The van der Waals surface area contributed by atoms with Gasteiger partial charge in [0.05, 0.1) is 13.4 Å². The fraction of sp³-hybridized carbons (Fsp3) is 0.565. The van der Waals surface area contributed by atoms with Crippen LogP contribution in [0, 0.1) is 5.92 Å². The Morgan fingerprint density at radius 2 is 2.10 bits per heavy atom. The minimum atomic E-state index is 0.164. The second kappa shape index (κ2) is 11.1. The standard InChI is InChI=1S/C23H35N5O2/c1-25(2)13-14-28(23(29)18-27-12-10-24-19-27)16-20-7-6-11-26(15-20)17-21-8-4-5-9-22(21)30-3/h4-5,8-10,12,19-20H,6-7,11,13-18H2,1-3H3. The number of imidazole rings is 1. The van der Waals surface area contributed by atoms with Gasteiger partial charge in [0.15, 0.2) is 0 Å². The highest BCUT2D eigenvalue weighted by Crippen LogP contribution is 2.24. The summed E-state index contributed by atoms with van der Waals surface area (Å²) in [6.07, 6.45) is 7.60. The molecule has 3 rings (SSSR count). The summed E-state index contributed by atoms with van der Waals surface area (Å²) in [5.41, 5.74) is 1.22. The van der Waals surface area contributed by atoms with Crippen LogP contribution in [-0.2, 0) is 17.9 Å². The van der Waals surface area contributed by atoms with E-state index in [0.717, 1.165) is 51.4 Å². The van der Waals surface area contributed by atoms with E-state index < -0.39 is 0 Å². The average Bonchev–Trinajstić information content (AvgIpc) is 3.24. The smallest absolute Gasteiger partial charge is 0.242 e. The average molecular weight is 414 g/mol. The molecule has 30 heavy (non-hydrogen) atoms. The molecule has 1 aliphatic heterocycles. The van der Waals surface area contributed by atoms with Crippen molar-refractivity contribution in [1.29, 1.82) is 0 Å². The van der Waals surface area contributed by atoms with Gasteiger partial charge in [-0.25, -0.2) is 4.98 Å². The third kappa shape index (κ3) is 6.57. The lowest BCUT2D eigenvalue weighted by Gasteiger charge is -2.36. The number of aromatic nitrogens is 2. The molecule has 1 unspecified atom stereocenters. The predicted octanol–water partition coefficient (Wildman–Crippen LogP) is 2.19. The Morgan fingerprint density at radius 3 is 2.83 bits per heavy atom. The summed E-state index contributed by atoms with van der Waals surface area (Å²) >= 11 is 0. The Kier molecular flexibility index (Phi) is 8.28. The van der Waals surface area contributed by atoms with Gasteiger partial charge < -0.3 is 19.1 Å². The zero-order valence-electron chi connectivity index (χ0n) is 18.5. The molecule has 1 aromatic carbocycles. The van der Waals surface area contributed by atoms with Gasteiger partial charge in [0, 0.05) is 50.7 Å². The van der Waals surface area contributed by atoms with Crippen molar-refractivity contribution in [2.45, 2.75) is 25.9 Å². The quantitative estimate of drug-likeness (QED) is 0.598. The van der Waals surface area contributed by atoms with Crippen LogP contribution >= 0.6 is 0 Å². The molecule has 1 fully saturated rings. The number of ether oxygens (including phenoxy) is 1. The maximum Gasteiger partial charge on any atom is 0.242 e. The number of piperidine rings is 1. The van der Waals surface area contributed by atoms with Gasteiger partial charge in [-0.2, -0.15) is 0 Å². The molecule has 1 saturated heterocycles. The number of para-hydroxylation sites is 1. The van der Waals surface area contributed by atoms with E-state index in [1.165, 1.54) is 12.0 Å². The van der Waals surface area contributed by atoms with Crippen molar-refractivity contribution >= 4 is 5.91 Å². The summed E-state index contributed by atoms with van der Waals surface area (Å²) < 4.78 is 7.37. The first kappa shape index (κ1) is 22.3. The number of hydrogen-bond donors (Lipinski definition) is 0. The molecule has 0 aliphatic carbocycles. The summed E-state index contributed by atoms with van der Waals surface area (Å²) in [5, 5.41) is 0. The summed E-state index contributed by atoms with van der Waals surface area (Å²) in [6, 6.07) is 8.24. The van der Waals surface area contributed by atoms with Gasteiger partial charge in [-0.15, -0.1) is 0 Å². The van der Waals surface area contributed by atoms with Crippen LogP contribution in [0.25, 0.3) is 0 Å². The van der Waals surface area contributed by atoms with E-state index in [-0.39, 0.29) is 5.91 Å². The van der Waals surface area contributed by atoms with E-state index >= 15 is 0 Å². The molecule has 0 saturated carbocycles. The second-order valence-corrected chi connectivity index (χ2v) is 8.43. The number of carbonyl (C=O) groups excluding carboxylic acids is 1. The maximum absolute atomic E-state index is 13.0. The normalized spacial score (nSPS) is 17.3. The van der Waals surface area contributed by atoms with Crippen LogP contribution in [0.4, 0.5) is 0 Å². The van der Waals surface area contributed by atoms with Gasteiger partial charge in [0.25, 0.3) is 0 Å². The number of amides is 1. The van der Waals surface area contributed by atoms with E-state index in [2.05, 4.69) is 26.9 Å². The minimum Gasteiger partial charge on any atom is -0.496 e. The summed E-state index contributed by atoms with van der Waals surface area (Å²) in [5.74, 6) is 1.60. The van der Waals surface area contributed by atoms with Crippen LogP contribution in [-0.4, -0.2) is 84.1 Å². The molecule has 2 aromatic rings. The van der Waals surface area contributed by atoms with Crippen molar-refractivity contribution in [1.82, 2.24) is 24.3 Å². The Morgan fingerprint density at radius 1 is 1.27 bits per heavy atom. The molecule has 1 amide bonds. The van der Waals surface area contributed by atoms with Gasteiger partial charge in [-0.1, -0.05) is 18.2 Å². The zero-order valence-corrected chi connectivity index (χ0v) is 18.5. The largest absolute Gasteiger partial charge is 0.496 e. The maximum atomic E-state index is 13.0. The molecule has 1 atom stereocenters. The number of likely N-dealkylation sites (tertiary alicyclic amines) is 1. The second-order valence-electron chi connectivity index (χ2n) is 8.43. The van der Waals surface area contributed by atoms with E-state index in [1.54, 1.807) is 19.6 Å². The molecule has 1 aromatic heterocycles. The molecule has 0 spiro atoms. The molecular formula is C23H35N5O2. The van der Waals surface area contributed by atoms with Crippen LogP contribution in [0.3, 0.4) is 0 Å². The van der Waals surface area contributed by atoms with E-state index in [9.17, 15) is 4.79 Å². The molecule has 7 heteroatoms. The number of hydrogen-bond acceptors (Lipinski definition) is 5. The summed E-state index contributed by atoms with van der Waals surface area (Å²) in [4.78, 5) is 23.7. The highest BCUT2D eigenvalue weighted by molar-refractivity contribution is 5.76. The van der Waals surface area contributed by atoms with Crippen molar-refractivity contribution in [2.75, 3.05) is 53.9 Å². The third-order valence-electron chi connectivity index (χ3n) is 5.72. The molecular weight excluding hydrogens is 378 g/mol. The molecule has 0 bridgehead atoms. The lowest BCUT2D eigenvalue weighted by molar-refractivity contribution is -0.133. The van der Waals surface area contributed by atoms with Crippen molar-refractivity contribution in [3.05, 3.63) is 48.5 Å². The SMILES string of the molecule is COc1ccccc1CN1CCCC(CN(CCN(C)C)C(=O)Cn2ccnc2)C1. The van der Waals surface area contributed by atoms with Crippen LogP contribution in [0.2, 0.25) is 0 Å². The number of likely N-dealkylation sites (N-methyl/N-ethyl adjacent to an activating group) is 1. The number of benzene rings is 1. The van der Waals surface area contributed by atoms with E-state index in [0.29, 0.717) is 12.5 Å². The first-order valence-corrected chi connectivity index (χ1v) is 10.8. The van der Waals surface area contributed by atoms with E-state index in [4.69, 9.17) is 4.74 Å². The lowest BCUT2D eigenvalue weighted by atomic mass is 9.96. The van der Waals surface area contributed by atoms with Gasteiger partial charge >= 0.3 is 0 Å². The molecule has 0 radical (unpaired) electrons. The van der Waals surface area contributed by atoms with Gasteiger partial charge in [0.1, 0.15) is 12.3 Å². The monoisotopic (exact) mass is 413 g/mol. The summed E-state index contributed by atoms with van der Waals surface area (Å²) in [7, 11) is 5.83. The topological polar surface area (TPSA) is 53.8 Å². The molecule has 7 nitrogen and oxygen atoms in total. The Hall–Kier alpha value is -2.38. The Bertz CT molecular complexity index is 778. The number of methoxy groups -OCH3 is 1. The predicted molar refractivity (Wildman–Crippen MR) is 118 cm³/mol. The van der Waals surface area contributed by atoms with Crippen LogP contribution in [0.5, 0.6) is 5.75 Å². The highest BCUT2D eigenvalue weighted by Gasteiger charge is 2.25. The first-order chi connectivity index (χ1) is 14.5. The lowest BCUT2D eigenvalue weighted by Crippen LogP contribution is -2.45. The summed E-state index contributed by atoms with van der Waals surface area (Å²) in [6.45, 7) is 5.77. The minimum absolute atomic E-state index is 0.164. The highest BCUT2D eigenvalue weighted by atomic mass is 16.5. The number of carbonyl (C=O) groups is 1. The van der Waals surface area contributed by atoms with Crippen LogP contribution < -0.4 is 4.74 Å². The van der Waals surface area contributed by atoms with E-state index in [1.807, 2.05) is 41.9 Å². The fourth-order valence-corrected chi connectivity index (χ4v) is 4.11. The van der Waals surface area contributed by atoms with Gasteiger partial charge in [0.2, 0.25) is 5.91 Å². The number of rotatable bonds is 10. The first-order valence-electron chi connectivity index (χ1n) is 10.8. The molecule has 164 valence electrons. The molecule has 1 aliphatic rings. The number of nitrogens with zero attached hydrogens (tertiary/aromatic N) is 5. The van der Waals surface area contributed by atoms with Crippen LogP contribution in [0.15, 0.2) is 43.0 Å². The molecule has 0 N–H and O–H groups in total. The fourth-order valence-electron chi connectivity index (χ4n) is 4.11. The third-order valence-corrected chi connectivity index (χ3v) is 5.72.